The van der Waals surface area contributed by atoms with Gasteiger partial charge in [0.15, 0.2) is 0 Å². The van der Waals surface area contributed by atoms with Crippen LogP contribution in [0.5, 0.6) is 0 Å². The second kappa shape index (κ2) is 52.4. The van der Waals surface area contributed by atoms with Crippen LogP contribution in [-0.4, -0.2) is 292 Å². The van der Waals surface area contributed by atoms with E-state index in [2.05, 4.69) is 18.2 Å². The predicted molar refractivity (Wildman–Crippen MR) is 460 cm³/mol. The molecule has 4 aromatic carbocycles. The van der Waals surface area contributed by atoms with Gasteiger partial charge in [-0.3, -0.25) is 0 Å². The van der Waals surface area contributed by atoms with Gasteiger partial charge in [-0.15, -0.1) is 0 Å². The Morgan fingerprint density at radius 3 is 1.66 bits per heavy atom. The minimum absolute atomic E-state index is 0.00144. The SMILES string of the molecule is CCCCO[C@@H](CO)C1O[C@H](O[C@H]2C([C@H]3COC(C)(C)O3)O[C@@](OCCCCCN(Cc3ccccc3)C(=O)OCc3ccccc3)(C(=O)OC)C[C@H]2OCCCC)[C@H](OC(C)=O)C(O[C@H]2O[C@@H]([C@H](COC(=O)c3ccccc3)OCCCC)[C@@H](OB=BP)C(OC(=O)c3ccccc3)C2O[C@H]2OC(COC(C)=O)[C@@H](OC(C)=O)[C@@H](OC(C)=O)C2N)[C@@H]1OB=BP. The Kier molecular flexibility index (Phi) is 42.6. The molecular weight excluding hydrogens is 1680 g/mol. The molecule has 24 atom stereocenters. The molecular formula is C86H120B4N2O32P2. The van der Waals surface area contributed by atoms with Crippen LogP contribution in [0.1, 0.15) is 158 Å². The summed E-state index contributed by atoms with van der Waals surface area (Å²) in [5.41, 5.74) is 9.07. The molecule has 9 rings (SSSR count). The number of aliphatic hydroxyl groups excluding tert-OH is 1. The van der Waals surface area contributed by atoms with Crippen LogP contribution in [0.25, 0.3) is 0 Å². The van der Waals surface area contributed by atoms with Crippen molar-refractivity contribution in [1.29, 1.82) is 0 Å². The second-order valence-corrected chi connectivity index (χ2v) is 31.9. The van der Waals surface area contributed by atoms with Crippen molar-refractivity contribution in [3.05, 3.63) is 144 Å². The number of ether oxygens (including phenoxy) is 21. The van der Waals surface area contributed by atoms with Crippen LogP contribution in [0.15, 0.2) is 121 Å². The number of esters is 7. The van der Waals surface area contributed by atoms with Crippen LogP contribution in [0, 0.1) is 0 Å². The van der Waals surface area contributed by atoms with Gasteiger partial charge in [0, 0.05) is 13.1 Å². The van der Waals surface area contributed by atoms with Gasteiger partial charge in [-0.25, -0.2) is 4.79 Å². The van der Waals surface area contributed by atoms with Gasteiger partial charge in [0.1, 0.15) is 6.61 Å². The molecule has 5 aliphatic heterocycles. The molecule has 5 heterocycles. The number of carbonyl (C=O) groups excluding carboxylic acids is 8. The molecule has 1 amide bonds. The molecule has 9 unspecified atom stereocenters. The normalized spacial score (nSPS) is 27.9. The fourth-order valence-corrected chi connectivity index (χ4v) is 15.2. The zero-order chi connectivity index (χ0) is 90.7. The molecule has 5 aliphatic rings. The fourth-order valence-electron chi connectivity index (χ4n) is 15.1. The Labute approximate surface area is 742 Å². The third-order valence-corrected chi connectivity index (χ3v) is 21.4. The Bertz CT molecular complexity index is 4070. The van der Waals surface area contributed by atoms with Crippen LogP contribution in [-0.2, 0) is 146 Å². The quantitative estimate of drug-likeness (QED) is 0.0144. The number of carbonyl (C=O) groups is 8. The summed E-state index contributed by atoms with van der Waals surface area (Å²) in [6.07, 6.45) is -29.7. The van der Waals surface area contributed by atoms with Crippen molar-refractivity contribution < 1.29 is 152 Å². The average Bonchev–Trinajstić information content (AvgIpc) is 1.02. The monoisotopic (exact) mass is 1800 g/mol. The van der Waals surface area contributed by atoms with E-state index in [1.165, 1.54) is 46.3 Å². The van der Waals surface area contributed by atoms with E-state index in [9.17, 15) is 38.7 Å². The molecule has 0 aromatic heterocycles. The van der Waals surface area contributed by atoms with Crippen LogP contribution in [0.2, 0.25) is 0 Å². The first-order valence-corrected chi connectivity index (χ1v) is 44.1. The van der Waals surface area contributed by atoms with E-state index in [0.29, 0.717) is 64.3 Å². The Morgan fingerprint density at radius 2 is 1.09 bits per heavy atom. The molecule has 3 N–H and O–H groups in total. The Balaban J connectivity index is 1.20. The molecule has 40 heteroatoms. The second-order valence-electron chi connectivity index (χ2n) is 31.2. The van der Waals surface area contributed by atoms with E-state index >= 15 is 4.79 Å². The molecule has 126 heavy (non-hydrogen) atoms. The molecule has 0 radical (unpaired) electrons. The van der Waals surface area contributed by atoms with Crippen LogP contribution in [0.3, 0.4) is 0 Å². The summed E-state index contributed by atoms with van der Waals surface area (Å²) in [5.74, 6) is -9.87. The number of benzene rings is 4. The van der Waals surface area contributed by atoms with Gasteiger partial charge >= 0.3 is 607 Å². The minimum atomic E-state index is -2.28. The van der Waals surface area contributed by atoms with Gasteiger partial charge < -0.3 is 9.64 Å². The Hall–Kier alpha value is -7.44. The fraction of sp³-hybridized carbons (Fsp3) is 0.628. The van der Waals surface area contributed by atoms with Gasteiger partial charge in [0.25, 0.3) is 0 Å². The standard InChI is InChI=1S/C86H120B4N2O32P2/c1-11-14-41-103-60-45-86(83(100)102-10,109-44-31-21-30-40-92(46-56-32-22-17-23-33-56)84(101)108-48-57-34-24-18-25-35-57)122-70(64-51-110-85(8,9)121-64)66(60)116-81-76(113-55(7)97)73(74(123-87-89-125)67(117-81)61(47-93)104-42-15-12-2)119-82-77(120-80-65(91)71(112-54(6)96)69(111-53(5)95)63(114-80)50-106-52(4)94)72(115-79(99)59-38-28-20-29-39-59)75(124-88-90-126)68(118-82)62(105-43-16-13-3)49-107-78(98)58-36-26-19-27-37-58/h17-20,22-29,32-39,60-77,80-82,93H,11-16,21,30-31,40-51,91,125-126H2,1-10H3/t60-,61+,62+,63?,64-,65?,66-,67?,68+,69-,70?,71+,72?,73?,74-,75-,76-,77?,80-,81+,82-,86-/m1/s1. The molecule has 5 saturated heterocycles. The summed E-state index contributed by atoms with van der Waals surface area (Å²) < 4.78 is 152. The molecule has 0 spiro atoms. The van der Waals surface area contributed by atoms with E-state index in [-0.39, 0.29) is 57.3 Å². The van der Waals surface area contributed by atoms with Crippen molar-refractivity contribution in [3.63, 3.8) is 0 Å². The number of aliphatic hydroxyl groups is 1. The van der Waals surface area contributed by atoms with Crippen molar-refractivity contribution in [3.8, 4) is 0 Å². The third-order valence-electron chi connectivity index (χ3n) is 21.1. The summed E-state index contributed by atoms with van der Waals surface area (Å²) in [6.45, 7) is 14.9. The summed E-state index contributed by atoms with van der Waals surface area (Å²) >= 11 is 0. The molecule has 0 bridgehead atoms. The topological polar surface area (TPSA) is 398 Å². The number of hydrogen-bond donors (Lipinski definition) is 2. The molecule has 5 fully saturated rings. The Morgan fingerprint density at radius 1 is 0.548 bits per heavy atom. The number of rotatable bonds is 48. The number of hydrogen-bond acceptors (Lipinski definition) is 33. The molecule has 688 valence electrons. The van der Waals surface area contributed by atoms with Gasteiger partial charge in [-0.05, 0) is 30.4 Å². The predicted octanol–water partition coefficient (Wildman–Crippen LogP) is 7.30. The van der Waals surface area contributed by atoms with Gasteiger partial charge in [0.2, 0.25) is 0 Å². The average molecular weight is 1800 g/mol. The number of amides is 1. The molecule has 34 nitrogen and oxygen atoms in total. The van der Waals surface area contributed by atoms with Gasteiger partial charge in [0.05, 0.1) is 7.11 Å². The molecule has 0 aliphatic carbocycles. The van der Waals surface area contributed by atoms with Crippen molar-refractivity contribution in [2.24, 2.45) is 5.73 Å². The summed E-state index contributed by atoms with van der Waals surface area (Å²) in [6, 6.07) is 33.1. The zero-order valence-corrected chi connectivity index (χ0v) is 75.4. The molecule has 0 saturated carbocycles. The van der Waals surface area contributed by atoms with Crippen molar-refractivity contribution in [2.75, 3.05) is 66.5 Å². The van der Waals surface area contributed by atoms with Crippen LogP contribution >= 0.6 is 18.2 Å². The number of nitrogens with two attached hydrogens (primary N) is 1. The van der Waals surface area contributed by atoms with Gasteiger partial charge in [-0.2, -0.15) is 0 Å². The first-order valence-electron chi connectivity index (χ1n) is 42.8. The van der Waals surface area contributed by atoms with Crippen LogP contribution < -0.4 is 5.73 Å². The maximum atomic E-state index is 15.3. The zero-order valence-electron chi connectivity index (χ0n) is 73.1. The summed E-state index contributed by atoms with van der Waals surface area (Å²) in [7, 11) is 8.46. The number of unbranched alkanes of at least 4 members (excludes halogenated alkanes) is 5. The first-order chi connectivity index (χ1) is 60.8. The summed E-state index contributed by atoms with van der Waals surface area (Å²) in [4.78, 5) is 114. The van der Waals surface area contributed by atoms with E-state index in [0.717, 1.165) is 38.8 Å². The van der Waals surface area contributed by atoms with Crippen LogP contribution in [0.4, 0.5) is 4.79 Å². The van der Waals surface area contributed by atoms with Gasteiger partial charge in [-0.1, -0.05) is 67.6 Å². The van der Waals surface area contributed by atoms with Crippen molar-refractivity contribution >= 4 is 93.2 Å². The van der Waals surface area contributed by atoms with Crippen molar-refractivity contribution in [2.45, 2.75) is 280 Å². The summed E-state index contributed by atoms with van der Waals surface area (Å²) in [5, 5.41) is 11.8. The van der Waals surface area contributed by atoms with E-state index in [4.69, 9.17) is 115 Å². The van der Waals surface area contributed by atoms with E-state index in [1.54, 1.807) is 67.3 Å². The van der Waals surface area contributed by atoms with E-state index in [1.807, 2.05) is 81.4 Å². The number of nitrogens with zero attached hydrogens (tertiary/aromatic N) is 1. The maximum absolute atomic E-state index is 15.3. The molecule has 4 aromatic rings. The third kappa shape index (κ3) is 30.1. The first kappa shape index (κ1) is 102. The number of methoxy groups -OCH3 is 1. The van der Waals surface area contributed by atoms with E-state index < -0.39 is 214 Å². The van der Waals surface area contributed by atoms with Crippen molar-refractivity contribution in [1.82, 2.24) is 4.90 Å².